The molecule has 3 atom stereocenters. The number of piperidine rings is 1. The fourth-order valence-electron chi connectivity index (χ4n) is 5.26. The SMILES string of the molecule is C[C@@H]1CCC[C@H](C)N1CCCCCN1C(=O)C(c2ncnc(C(=N)N)n2)Cc2ccccc21. The number of benzene rings is 1. The molecule has 33 heavy (non-hydrogen) atoms. The molecule has 2 aromatic rings. The first-order valence-electron chi connectivity index (χ1n) is 12.1. The van der Waals surface area contributed by atoms with Gasteiger partial charge < -0.3 is 10.6 Å². The summed E-state index contributed by atoms with van der Waals surface area (Å²) in [5, 5.41) is 7.61. The van der Waals surface area contributed by atoms with E-state index in [9.17, 15) is 4.79 Å². The Morgan fingerprint density at radius 2 is 1.82 bits per heavy atom. The van der Waals surface area contributed by atoms with E-state index in [1.165, 1.54) is 25.6 Å². The van der Waals surface area contributed by atoms with Gasteiger partial charge in [-0.05, 0) is 64.1 Å². The quantitative estimate of drug-likeness (QED) is 0.363. The van der Waals surface area contributed by atoms with Crippen LogP contribution in [0.4, 0.5) is 5.69 Å². The number of nitrogens with one attached hydrogen (secondary N) is 1. The predicted molar refractivity (Wildman–Crippen MR) is 129 cm³/mol. The maximum absolute atomic E-state index is 13.5. The van der Waals surface area contributed by atoms with E-state index in [1.54, 1.807) is 0 Å². The molecule has 176 valence electrons. The summed E-state index contributed by atoms with van der Waals surface area (Å²) in [6, 6.07) is 9.41. The lowest BCUT2D eigenvalue weighted by atomic mass is 9.90. The maximum Gasteiger partial charge on any atom is 0.238 e. The molecule has 3 heterocycles. The number of rotatable bonds is 8. The van der Waals surface area contributed by atoms with Gasteiger partial charge in [0.1, 0.15) is 18.1 Å². The summed E-state index contributed by atoms with van der Waals surface area (Å²) in [4.78, 5) is 30.5. The van der Waals surface area contributed by atoms with Gasteiger partial charge in [-0.1, -0.05) is 31.0 Å². The molecule has 0 spiro atoms. The van der Waals surface area contributed by atoms with Crippen LogP contribution in [0.5, 0.6) is 0 Å². The van der Waals surface area contributed by atoms with Crippen molar-refractivity contribution in [3.63, 3.8) is 0 Å². The molecule has 1 amide bonds. The number of nitrogens with zero attached hydrogens (tertiary/aromatic N) is 5. The van der Waals surface area contributed by atoms with Crippen LogP contribution in [0.25, 0.3) is 0 Å². The number of para-hydroxylation sites is 1. The number of likely N-dealkylation sites (tertiary alicyclic amines) is 1. The Bertz CT molecular complexity index is 984. The highest BCUT2D eigenvalue weighted by atomic mass is 16.2. The lowest BCUT2D eigenvalue weighted by molar-refractivity contribution is -0.120. The molecule has 1 saturated heterocycles. The molecule has 0 bridgehead atoms. The number of aromatic nitrogens is 3. The van der Waals surface area contributed by atoms with Crippen LogP contribution in [0.2, 0.25) is 0 Å². The van der Waals surface area contributed by atoms with Crippen LogP contribution in [0.3, 0.4) is 0 Å². The van der Waals surface area contributed by atoms with Crippen molar-refractivity contribution in [3.8, 4) is 0 Å². The summed E-state index contributed by atoms with van der Waals surface area (Å²) in [6.07, 6.45) is 9.01. The molecule has 1 fully saturated rings. The minimum Gasteiger partial charge on any atom is -0.381 e. The Labute approximate surface area is 196 Å². The number of amides is 1. The lowest BCUT2D eigenvalue weighted by Crippen LogP contribution is -2.44. The number of nitrogens with two attached hydrogens (primary N) is 1. The van der Waals surface area contributed by atoms with Crippen molar-refractivity contribution in [2.75, 3.05) is 18.0 Å². The van der Waals surface area contributed by atoms with Gasteiger partial charge in [0.2, 0.25) is 5.91 Å². The number of nitrogen functional groups attached to an aromatic ring is 1. The Morgan fingerprint density at radius 1 is 1.09 bits per heavy atom. The average Bonchev–Trinajstić information content (AvgIpc) is 2.81. The van der Waals surface area contributed by atoms with E-state index >= 15 is 0 Å². The number of carbonyl (C=O) groups is 1. The molecule has 8 heteroatoms. The molecule has 0 radical (unpaired) electrons. The zero-order chi connectivity index (χ0) is 23.4. The van der Waals surface area contributed by atoms with Gasteiger partial charge in [0.25, 0.3) is 0 Å². The fourth-order valence-corrected chi connectivity index (χ4v) is 5.26. The third-order valence-electron chi connectivity index (χ3n) is 7.09. The Balaban J connectivity index is 1.42. The molecule has 0 aliphatic carbocycles. The van der Waals surface area contributed by atoms with Gasteiger partial charge >= 0.3 is 0 Å². The number of hydrogen-bond acceptors (Lipinski definition) is 6. The Morgan fingerprint density at radius 3 is 2.58 bits per heavy atom. The largest absolute Gasteiger partial charge is 0.381 e. The smallest absolute Gasteiger partial charge is 0.238 e. The zero-order valence-corrected chi connectivity index (χ0v) is 19.7. The van der Waals surface area contributed by atoms with E-state index in [0.29, 0.717) is 30.9 Å². The monoisotopic (exact) mass is 449 g/mol. The minimum atomic E-state index is -0.490. The standard InChI is InChI=1S/C25H35N7O/c1-17-9-8-10-18(2)31(17)13-6-3-7-14-32-21-12-5-4-11-19(21)15-20(25(32)33)23-28-16-29-24(30-23)22(26)27/h4-5,11-12,16-18,20H,3,6-10,13-15H2,1-2H3,(H3,26,27)/t17-,18+,20?. The molecule has 1 aromatic heterocycles. The molecule has 0 saturated carbocycles. The van der Waals surface area contributed by atoms with Crippen LogP contribution >= 0.6 is 0 Å². The van der Waals surface area contributed by atoms with Crippen LogP contribution in [-0.2, 0) is 11.2 Å². The van der Waals surface area contributed by atoms with E-state index in [4.69, 9.17) is 11.1 Å². The number of fused-ring (bicyclic) bond motifs is 1. The first-order chi connectivity index (χ1) is 16.0. The Kier molecular flexibility index (Phi) is 7.33. The van der Waals surface area contributed by atoms with Gasteiger partial charge in [0.15, 0.2) is 11.7 Å². The van der Waals surface area contributed by atoms with Gasteiger partial charge in [0, 0.05) is 24.3 Å². The topological polar surface area (TPSA) is 112 Å². The number of unbranched alkanes of at least 4 members (excludes halogenated alkanes) is 2. The first-order valence-corrected chi connectivity index (χ1v) is 12.1. The van der Waals surface area contributed by atoms with Crippen molar-refractivity contribution < 1.29 is 4.79 Å². The van der Waals surface area contributed by atoms with Crippen LogP contribution < -0.4 is 10.6 Å². The molecule has 4 rings (SSSR count). The van der Waals surface area contributed by atoms with Gasteiger partial charge in [-0.3, -0.25) is 15.1 Å². The van der Waals surface area contributed by atoms with E-state index in [2.05, 4.69) is 39.8 Å². The van der Waals surface area contributed by atoms with Gasteiger partial charge in [0.05, 0.1) is 0 Å². The molecule has 3 N–H and O–H groups in total. The molecular formula is C25H35N7O. The highest BCUT2D eigenvalue weighted by molar-refractivity contribution is 6.00. The van der Waals surface area contributed by atoms with Gasteiger partial charge in [-0.2, -0.15) is 0 Å². The summed E-state index contributed by atoms with van der Waals surface area (Å²) in [5.41, 5.74) is 7.65. The number of hydrogen-bond donors (Lipinski definition) is 2. The molecular weight excluding hydrogens is 414 g/mol. The normalized spacial score (nSPS) is 23.4. The lowest BCUT2D eigenvalue weighted by Gasteiger charge is -2.39. The summed E-state index contributed by atoms with van der Waals surface area (Å²) in [7, 11) is 0. The van der Waals surface area contributed by atoms with Crippen molar-refractivity contribution in [2.24, 2.45) is 5.73 Å². The number of carbonyl (C=O) groups excluding carboxylic acids is 1. The third kappa shape index (κ3) is 5.21. The van der Waals surface area contributed by atoms with E-state index < -0.39 is 5.92 Å². The van der Waals surface area contributed by atoms with Crippen molar-refractivity contribution in [1.29, 1.82) is 5.41 Å². The van der Waals surface area contributed by atoms with Gasteiger partial charge in [-0.15, -0.1) is 0 Å². The van der Waals surface area contributed by atoms with Crippen molar-refractivity contribution >= 4 is 17.4 Å². The summed E-state index contributed by atoms with van der Waals surface area (Å²) < 4.78 is 0. The van der Waals surface area contributed by atoms with Gasteiger partial charge in [-0.25, -0.2) is 15.0 Å². The molecule has 8 nitrogen and oxygen atoms in total. The molecule has 1 aromatic carbocycles. The van der Waals surface area contributed by atoms with Crippen LogP contribution in [0, 0.1) is 5.41 Å². The second kappa shape index (κ2) is 10.4. The van der Waals surface area contributed by atoms with Crippen LogP contribution in [0.15, 0.2) is 30.6 Å². The number of anilines is 1. The second-order valence-corrected chi connectivity index (χ2v) is 9.38. The summed E-state index contributed by atoms with van der Waals surface area (Å²) in [5.74, 6) is -0.215. The Hall–Kier alpha value is -2.87. The minimum absolute atomic E-state index is 0.00711. The van der Waals surface area contributed by atoms with Crippen molar-refractivity contribution in [1.82, 2.24) is 19.9 Å². The zero-order valence-electron chi connectivity index (χ0n) is 19.7. The summed E-state index contributed by atoms with van der Waals surface area (Å²) >= 11 is 0. The van der Waals surface area contributed by atoms with Crippen LogP contribution in [0.1, 0.15) is 75.5 Å². The fraction of sp³-hybridized carbons (Fsp3) is 0.560. The second-order valence-electron chi connectivity index (χ2n) is 9.38. The molecule has 1 unspecified atom stereocenters. The predicted octanol–water partition coefficient (Wildman–Crippen LogP) is 3.26. The van der Waals surface area contributed by atoms with E-state index in [1.807, 2.05) is 23.1 Å². The van der Waals surface area contributed by atoms with Crippen molar-refractivity contribution in [2.45, 2.75) is 76.8 Å². The van der Waals surface area contributed by atoms with E-state index in [-0.39, 0.29) is 17.6 Å². The highest BCUT2D eigenvalue weighted by Crippen LogP contribution is 2.34. The maximum atomic E-state index is 13.5. The molecule has 2 aliphatic rings. The average molecular weight is 450 g/mol. The van der Waals surface area contributed by atoms with Crippen molar-refractivity contribution in [3.05, 3.63) is 47.8 Å². The molecule has 2 aliphatic heterocycles. The highest BCUT2D eigenvalue weighted by Gasteiger charge is 2.35. The third-order valence-corrected chi connectivity index (χ3v) is 7.09. The van der Waals surface area contributed by atoms with E-state index in [0.717, 1.165) is 37.1 Å². The van der Waals surface area contributed by atoms with Crippen LogP contribution in [-0.4, -0.2) is 56.8 Å². The number of amidine groups is 1. The summed E-state index contributed by atoms with van der Waals surface area (Å²) in [6.45, 7) is 6.51. The first kappa shape index (κ1) is 23.3.